The SMILES string of the molecule is COc1ccc(NC(=O)NC[C@@H]2CCN(CC(C)C)C2)cc1F. The molecule has 23 heavy (non-hydrogen) atoms. The maximum atomic E-state index is 13.6. The first-order valence-electron chi connectivity index (χ1n) is 8.08. The predicted molar refractivity (Wildman–Crippen MR) is 89.4 cm³/mol. The van der Waals surface area contributed by atoms with Gasteiger partial charge in [-0.25, -0.2) is 9.18 Å². The van der Waals surface area contributed by atoms with Gasteiger partial charge in [0.2, 0.25) is 0 Å². The zero-order chi connectivity index (χ0) is 16.8. The third-order valence-corrected chi connectivity index (χ3v) is 3.95. The molecular weight excluding hydrogens is 297 g/mol. The Hall–Kier alpha value is -1.82. The van der Waals surface area contributed by atoms with E-state index in [1.165, 1.54) is 19.2 Å². The molecule has 0 radical (unpaired) electrons. The Morgan fingerprint density at radius 3 is 2.91 bits per heavy atom. The van der Waals surface area contributed by atoms with Crippen LogP contribution in [0.2, 0.25) is 0 Å². The van der Waals surface area contributed by atoms with E-state index >= 15 is 0 Å². The summed E-state index contributed by atoms with van der Waals surface area (Å²) in [4.78, 5) is 14.3. The van der Waals surface area contributed by atoms with Gasteiger partial charge in [0.05, 0.1) is 7.11 Å². The summed E-state index contributed by atoms with van der Waals surface area (Å²) in [7, 11) is 1.41. The van der Waals surface area contributed by atoms with E-state index < -0.39 is 5.82 Å². The molecule has 2 N–H and O–H groups in total. The number of benzene rings is 1. The van der Waals surface area contributed by atoms with Gasteiger partial charge in [-0.3, -0.25) is 0 Å². The number of rotatable bonds is 6. The number of carbonyl (C=O) groups is 1. The molecule has 2 rings (SSSR count). The van der Waals surface area contributed by atoms with Crippen molar-refractivity contribution in [1.82, 2.24) is 10.2 Å². The highest BCUT2D eigenvalue weighted by atomic mass is 19.1. The average molecular weight is 323 g/mol. The van der Waals surface area contributed by atoms with Crippen LogP contribution in [0.1, 0.15) is 20.3 Å². The maximum absolute atomic E-state index is 13.6. The van der Waals surface area contributed by atoms with Crippen LogP contribution in [0.25, 0.3) is 0 Å². The van der Waals surface area contributed by atoms with Gasteiger partial charge in [0, 0.05) is 31.4 Å². The molecule has 0 bridgehead atoms. The van der Waals surface area contributed by atoms with Crippen LogP contribution in [0.4, 0.5) is 14.9 Å². The quantitative estimate of drug-likeness (QED) is 0.846. The first-order chi connectivity index (χ1) is 11.0. The monoisotopic (exact) mass is 323 g/mol. The van der Waals surface area contributed by atoms with Crippen LogP contribution in [0.15, 0.2) is 18.2 Å². The van der Waals surface area contributed by atoms with E-state index in [9.17, 15) is 9.18 Å². The van der Waals surface area contributed by atoms with Crippen molar-refractivity contribution in [3.8, 4) is 5.75 Å². The van der Waals surface area contributed by atoms with E-state index in [-0.39, 0.29) is 11.8 Å². The fraction of sp³-hybridized carbons (Fsp3) is 0.588. The second-order valence-electron chi connectivity index (χ2n) is 6.49. The number of likely N-dealkylation sites (tertiary alicyclic amines) is 1. The summed E-state index contributed by atoms with van der Waals surface area (Å²) in [6, 6.07) is 4.04. The summed E-state index contributed by atoms with van der Waals surface area (Å²) in [6.45, 7) is 8.29. The van der Waals surface area contributed by atoms with Crippen molar-refractivity contribution in [2.75, 3.05) is 38.6 Å². The lowest BCUT2D eigenvalue weighted by Crippen LogP contribution is -2.34. The maximum Gasteiger partial charge on any atom is 0.319 e. The summed E-state index contributed by atoms with van der Waals surface area (Å²) in [5.41, 5.74) is 0.411. The number of anilines is 1. The Labute approximate surface area is 137 Å². The topological polar surface area (TPSA) is 53.6 Å². The Kier molecular flexibility index (Phi) is 6.21. The molecule has 1 aliphatic heterocycles. The van der Waals surface area contributed by atoms with Gasteiger partial charge < -0.3 is 20.3 Å². The van der Waals surface area contributed by atoms with Gasteiger partial charge in [0.25, 0.3) is 0 Å². The summed E-state index contributed by atoms with van der Waals surface area (Å²) in [6.07, 6.45) is 1.10. The minimum Gasteiger partial charge on any atom is -0.494 e. The van der Waals surface area contributed by atoms with Crippen LogP contribution in [0.3, 0.4) is 0 Å². The second-order valence-corrected chi connectivity index (χ2v) is 6.49. The van der Waals surface area contributed by atoms with Crippen molar-refractivity contribution in [2.45, 2.75) is 20.3 Å². The number of hydrogen-bond acceptors (Lipinski definition) is 3. The molecule has 1 heterocycles. The standard InChI is InChI=1S/C17H26FN3O2/c1-12(2)10-21-7-6-13(11-21)9-19-17(22)20-14-4-5-16(23-3)15(18)8-14/h4-5,8,12-13H,6-7,9-11H2,1-3H3,(H2,19,20,22)/t13-/m0/s1. The molecule has 5 nitrogen and oxygen atoms in total. The average Bonchev–Trinajstić information content (AvgIpc) is 2.92. The number of urea groups is 1. The van der Waals surface area contributed by atoms with Gasteiger partial charge in [0.15, 0.2) is 11.6 Å². The smallest absolute Gasteiger partial charge is 0.319 e. The van der Waals surface area contributed by atoms with Crippen molar-refractivity contribution in [2.24, 2.45) is 11.8 Å². The van der Waals surface area contributed by atoms with E-state index in [1.807, 2.05) is 0 Å². The molecule has 0 spiro atoms. The van der Waals surface area contributed by atoms with Crippen LogP contribution in [0, 0.1) is 17.7 Å². The van der Waals surface area contributed by atoms with E-state index in [4.69, 9.17) is 4.74 Å². The second kappa shape index (κ2) is 8.15. The molecule has 1 aromatic rings. The number of ether oxygens (including phenoxy) is 1. The lowest BCUT2D eigenvalue weighted by molar-refractivity contribution is 0.249. The Morgan fingerprint density at radius 1 is 1.48 bits per heavy atom. The fourth-order valence-corrected chi connectivity index (χ4v) is 2.92. The number of nitrogens with zero attached hydrogens (tertiary/aromatic N) is 1. The zero-order valence-corrected chi connectivity index (χ0v) is 14.1. The van der Waals surface area contributed by atoms with Crippen molar-refractivity contribution in [3.05, 3.63) is 24.0 Å². The minimum atomic E-state index is -0.495. The molecule has 1 aromatic carbocycles. The van der Waals surface area contributed by atoms with E-state index in [0.717, 1.165) is 26.1 Å². The Morgan fingerprint density at radius 2 is 2.26 bits per heavy atom. The molecule has 0 saturated carbocycles. The largest absolute Gasteiger partial charge is 0.494 e. The molecule has 1 aliphatic rings. The molecular formula is C17H26FN3O2. The highest BCUT2D eigenvalue weighted by molar-refractivity contribution is 5.89. The van der Waals surface area contributed by atoms with Crippen LogP contribution < -0.4 is 15.4 Å². The van der Waals surface area contributed by atoms with Gasteiger partial charge in [-0.15, -0.1) is 0 Å². The van der Waals surface area contributed by atoms with Crippen LogP contribution in [0.5, 0.6) is 5.75 Å². The van der Waals surface area contributed by atoms with E-state index in [2.05, 4.69) is 29.4 Å². The number of amides is 2. The summed E-state index contributed by atoms with van der Waals surface area (Å²) in [5, 5.41) is 5.51. The summed E-state index contributed by atoms with van der Waals surface area (Å²) < 4.78 is 18.4. The van der Waals surface area contributed by atoms with Crippen LogP contribution in [-0.4, -0.2) is 44.2 Å². The van der Waals surface area contributed by atoms with E-state index in [0.29, 0.717) is 24.1 Å². The molecule has 0 unspecified atom stereocenters. The van der Waals surface area contributed by atoms with Gasteiger partial charge >= 0.3 is 6.03 Å². The van der Waals surface area contributed by atoms with Crippen molar-refractivity contribution < 1.29 is 13.9 Å². The van der Waals surface area contributed by atoms with Crippen molar-refractivity contribution in [1.29, 1.82) is 0 Å². The number of halogens is 1. The van der Waals surface area contributed by atoms with E-state index in [1.54, 1.807) is 6.07 Å². The molecule has 0 aromatic heterocycles. The van der Waals surface area contributed by atoms with Crippen LogP contribution >= 0.6 is 0 Å². The lowest BCUT2D eigenvalue weighted by atomic mass is 10.1. The van der Waals surface area contributed by atoms with Gasteiger partial charge in [0.1, 0.15) is 0 Å². The van der Waals surface area contributed by atoms with Gasteiger partial charge in [-0.2, -0.15) is 0 Å². The molecule has 128 valence electrons. The van der Waals surface area contributed by atoms with Crippen LogP contribution in [-0.2, 0) is 0 Å². The zero-order valence-electron chi connectivity index (χ0n) is 14.1. The number of nitrogens with one attached hydrogen (secondary N) is 2. The Balaban J connectivity index is 1.74. The minimum absolute atomic E-state index is 0.159. The lowest BCUT2D eigenvalue weighted by Gasteiger charge is -2.18. The van der Waals surface area contributed by atoms with Gasteiger partial charge in [-0.05, 0) is 36.9 Å². The number of methoxy groups -OCH3 is 1. The van der Waals surface area contributed by atoms with Gasteiger partial charge in [-0.1, -0.05) is 13.8 Å². The first-order valence-corrected chi connectivity index (χ1v) is 8.08. The fourth-order valence-electron chi connectivity index (χ4n) is 2.92. The molecule has 1 fully saturated rings. The predicted octanol–water partition coefficient (Wildman–Crippen LogP) is 2.93. The third kappa shape index (κ3) is 5.39. The molecule has 1 atom stereocenters. The summed E-state index contributed by atoms with van der Waals surface area (Å²) >= 11 is 0. The summed E-state index contributed by atoms with van der Waals surface area (Å²) in [5.74, 6) is 0.805. The highest BCUT2D eigenvalue weighted by Crippen LogP contribution is 2.20. The molecule has 6 heteroatoms. The highest BCUT2D eigenvalue weighted by Gasteiger charge is 2.23. The molecule has 1 saturated heterocycles. The van der Waals surface area contributed by atoms with Crippen molar-refractivity contribution >= 4 is 11.7 Å². The number of carbonyl (C=O) groups excluding carboxylic acids is 1. The Bertz CT molecular complexity index is 537. The third-order valence-electron chi connectivity index (χ3n) is 3.95. The van der Waals surface area contributed by atoms with Crippen molar-refractivity contribution in [3.63, 3.8) is 0 Å². The first kappa shape index (κ1) is 17.5. The molecule has 0 aliphatic carbocycles. The number of hydrogen-bond donors (Lipinski definition) is 2. The normalized spacial score (nSPS) is 18.2. The molecule has 2 amide bonds.